The van der Waals surface area contributed by atoms with Crippen molar-refractivity contribution in [2.24, 2.45) is 0 Å². The number of hydrogen-bond acceptors (Lipinski definition) is 3. The highest BCUT2D eigenvalue weighted by Gasteiger charge is 1.99. The molecule has 1 aromatic heterocycles. The molecule has 0 aliphatic carbocycles. The summed E-state index contributed by atoms with van der Waals surface area (Å²) in [5.74, 6) is 0. The zero-order chi connectivity index (χ0) is 9.97. The number of para-hydroxylation sites is 1. The standard InChI is InChI=1S/C9H7N3OS/c13-8-6-10-11-9(14)12(8)7-4-2-1-3-5-7/h1-6H,(H,11,14). The van der Waals surface area contributed by atoms with Crippen LogP contribution in [0.2, 0.25) is 0 Å². The quantitative estimate of drug-likeness (QED) is 0.714. The van der Waals surface area contributed by atoms with Crippen LogP contribution in [0.25, 0.3) is 5.69 Å². The van der Waals surface area contributed by atoms with Crippen molar-refractivity contribution in [3.63, 3.8) is 0 Å². The summed E-state index contributed by atoms with van der Waals surface area (Å²) in [6.45, 7) is 0. The van der Waals surface area contributed by atoms with E-state index in [9.17, 15) is 4.79 Å². The number of hydrogen-bond donors (Lipinski definition) is 1. The number of H-pyrrole nitrogens is 1. The first-order valence-corrected chi connectivity index (χ1v) is 4.42. The van der Waals surface area contributed by atoms with E-state index in [0.29, 0.717) is 4.77 Å². The van der Waals surface area contributed by atoms with Crippen molar-refractivity contribution in [3.8, 4) is 5.69 Å². The fourth-order valence-electron chi connectivity index (χ4n) is 1.17. The largest absolute Gasteiger partial charge is 0.277 e. The Morgan fingerprint density at radius 1 is 1.29 bits per heavy atom. The van der Waals surface area contributed by atoms with E-state index in [1.54, 1.807) is 0 Å². The lowest BCUT2D eigenvalue weighted by atomic mass is 10.3. The minimum atomic E-state index is -0.236. The lowest BCUT2D eigenvalue weighted by Crippen LogP contribution is -2.19. The normalized spacial score (nSPS) is 10.0. The summed E-state index contributed by atoms with van der Waals surface area (Å²) in [5, 5.41) is 6.17. The Balaban J connectivity index is 2.76. The van der Waals surface area contributed by atoms with E-state index in [1.807, 2.05) is 30.3 Å². The van der Waals surface area contributed by atoms with Crippen molar-refractivity contribution in [1.29, 1.82) is 0 Å². The van der Waals surface area contributed by atoms with E-state index in [0.717, 1.165) is 5.69 Å². The average molecular weight is 205 g/mol. The molecule has 0 bridgehead atoms. The van der Waals surface area contributed by atoms with Crippen LogP contribution in [-0.2, 0) is 0 Å². The molecule has 4 nitrogen and oxygen atoms in total. The molecule has 2 rings (SSSR count). The molecular weight excluding hydrogens is 198 g/mol. The predicted octanol–water partition coefficient (Wildman–Crippen LogP) is 1.29. The Morgan fingerprint density at radius 2 is 2.00 bits per heavy atom. The van der Waals surface area contributed by atoms with Gasteiger partial charge in [-0.15, -0.1) is 0 Å². The molecule has 0 unspecified atom stereocenters. The van der Waals surface area contributed by atoms with Crippen LogP contribution >= 0.6 is 12.2 Å². The van der Waals surface area contributed by atoms with E-state index in [2.05, 4.69) is 10.2 Å². The monoisotopic (exact) mass is 205 g/mol. The van der Waals surface area contributed by atoms with Crippen LogP contribution in [-0.4, -0.2) is 14.8 Å². The van der Waals surface area contributed by atoms with Gasteiger partial charge in [-0.3, -0.25) is 14.5 Å². The molecule has 0 aliphatic rings. The van der Waals surface area contributed by atoms with Gasteiger partial charge in [0.15, 0.2) is 0 Å². The van der Waals surface area contributed by atoms with Gasteiger partial charge in [-0.05, 0) is 24.4 Å². The van der Waals surface area contributed by atoms with E-state index in [1.165, 1.54) is 10.8 Å². The number of aromatic amines is 1. The van der Waals surface area contributed by atoms with Gasteiger partial charge in [0.2, 0.25) is 4.77 Å². The van der Waals surface area contributed by atoms with Crippen molar-refractivity contribution in [3.05, 3.63) is 51.7 Å². The molecule has 0 aliphatic heterocycles. The van der Waals surface area contributed by atoms with E-state index >= 15 is 0 Å². The molecule has 0 radical (unpaired) electrons. The van der Waals surface area contributed by atoms with Gasteiger partial charge >= 0.3 is 0 Å². The summed E-state index contributed by atoms with van der Waals surface area (Å²) < 4.78 is 1.69. The second-order valence-corrected chi connectivity index (χ2v) is 3.07. The van der Waals surface area contributed by atoms with Gasteiger partial charge in [-0.25, -0.2) is 0 Å². The highest BCUT2D eigenvalue weighted by molar-refractivity contribution is 7.71. The van der Waals surface area contributed by atoms with E-state index < -0.39 is 0 Å². The third kappa shape index (κ3) is 1.49. The van der Waals surface area contributed by atoms with Gasteiger partial charge < -0.3 is 0 Å². The summed E-state index contributed by atoms with van der Waals surface area (Å²) in [7, 11) is 0. The number of nitrogens with zero attached hydrogens (tertiary/aromatic N) is 2. The number of aromatic nitrogens is 3. The summed E-state index contributed by atoms with van der Waals surface area (Å²) in [5.41, 5.74) is 0.501. The molecule has 0 amide bonds. The van der Waals surface area contributed by atoms with Crippen LogP contribution in [0.5, 0.6) is 0 Å². The third-order valence-electron chi connectivity index (χ3n) is 1.77. The Kier molecular flexibility index (Phi) is 2.24. The van der Waals surface area contributed by atoms with Crippen molar-refractivity contribution >= 4 is 12.2 Å². The molecule has 0 fully saturated rings. The highest BCUT2D eigenvalue weighted by atomic mass is 32.1. The number of nitrogens with one attached hydrogen (secondary N) is 1. The second-order valence-electron chi connectivity index (χ2n) is 2.68. The predicted molar refractivity (Wildman–Crippen MR) is 55.0 cm³/mol. The minimum absolute atomic E-state index is 0.236. The van der Waals surface area contributed by atoms with Crippen molar-refractivity contribution in [2.75, 3.05) is 0 Å². The number of benzene rings is 1. The van der Waals surface area contributed by atoms with Crippen LogP contribution < -0.4 is 5.56 Å². The molecule has 0 spiro atoms. The summed E-state index contributed by atoms with van der Waals surface area (Å²) in [4.78, 5) is 11.5. The van der Waals surface area contributed by atoms with Gasteiger partial charge in [0.1, 0.15) is 6.20 Å². The molecule has 5 heteroatoms. The molecule has 1 N–H and O–H groups in total. The Bertz CT molecular complexity index is 515. The highest BCUT2D eigenvalue weighted by Crippen LogP contribution is 2.02. The lowest BCUT2D eigenvalue weighted by molar-refractivity contribution is 0.831. The fraction of sp³-hybridized carbons (Fsp3) is 0. The lowest BCUT2D eigenvalue weighted by Gasteiger charge is -2.02. The molecule has 1 aromatic carbocycles. The summed E-state index contributed by atoms with van der Waals surface area (Å²) in [6.07, 6.45) is 1.20. The molecular formula is C9H7N3OS. The third-order valence-corrected chi connectivity index (χ3v) is 2.05. The molecule has 2 aromatic rings. The van der Waals surface area contributed by atoms with Gasteiger partial charge in [-0.2, -0.15) is 5.10 Å². The van der Waals surface area contributed by atoms with Crippen LogP contribution in [0.3, 0.4) is 0 Å². The smallest absolute Gasteiger partial charge is 0.267 e. The maximum absolute atomic E-state index is 11.5. The van der Waals surface area contributed by atoms with E-state index in [4.69, 9.17) is 12.2 Å². The zero-order valence-corrected chi connectivity index (χ0v) is 7.99. The Morgan fingerprint density at radius 3 is 2.64 bits per heavy atom. The number of rotatable bonds is 1. The fourth-order valence-corrected chi connectivity index (χ4v) is 1.42. The van der Waals surface area contributed by atoms with Crippen LogP contribution in [0, 0.1) is 4.77 Å². The van der Waals surface area contributed by atoms with Gasteiger partial charge in [0, 0.05) is 0 Å². The summed E-state index contributed by atoms with van der Waals surface area (Å²) in [6, 6.07) is 9.19. The van der Waals surface area contributed by atoms with Crippen LogP contribution in [0.4, 0.5) is 0 Å². The van der Waals surface area contributed by atoms with Crippen LogP contribution in [0.1, 0.15) is 0 Å². The van der Waals surface area contributed by atoms with Crippen molar-refractivity contribution < 1.29 is 0 Å². The maximum atomic E-state index is 11.5. The van der Waals surface area contributed by atoms with Gasteiger partial charge in [-0.1, -0.05) is 18.2 Å². The van der Waals surface area contributed by atoms with Crippen molar-refractivity contribution in [2.45, 2.75) is 0 Å². The first kappa shape index (κ1) is 8.83. The molecule has 70 valence electrons. The SMILES string of the molecule is O=c1cn[nH]c(=S)n1-c1ccccc1. The maximum Gasteiger partial charge on any atom is 0.277 e. The average Bonchev–Trinajstić information content (AvgIpc) is 2.19. The van der Waals surface area contributed by atoms with Gasteiger partial charge in [0.25, 0.3) is 5.56 Å². The molecule has 1 heterocycles. The summed E-state index contributed by atoms with van der Waals surface area (Å²) >= 11 is 4.97. The first-order chi connectivity index (χ1) is 6.79. The molecule has 14 heavy (non-hydrogen) atoms. The minimum Gasteiger partial charge on any atom is -0.267 e. The Hall–Kier alpha value is -1.75. The Labute approximate surface area is 84.8 Å². The van der Waals surface area contributed by atoms with Gasteiger partial charge in [0.05, 0.1) is 5.69 Å². The topological polar surface area (TPSA) is 50.7 Å². The molecule has 0 atom stereocenters. The first-order valence-electron chi connectivity index (χ1n) is 4.01. The molecule has 0 saturated carbocycles. The zero-order valence-electron chi connectivity index (χ0n) is 7.18. The molecule has 0 saturated heterocycles. The second kappa shape index (κ2) is 3.55. The van der Waals surface area contributed by atoms with Crippen molar-refractivity contribution in [1.82, 2.24) is 14.8 Å². The van der Waals surface area contributed by atoms with E-state index in [-0.39, 0.29) is 5.56 Å². The van der Waals surface area contributed by atoms with Crippen LogP contribution in [0.15, 0.2) is 41.3 Å².